The van der Waals surface area contributed by atoms with E-state index < -0.39 is 38.1 Å². The predicted octanol–water partition coefficient (Wildman–Crippen LogP) is 4.20. The van der Waals surface area contributed by atoms with Crippen LogP contribution in [0.5, 0.6) is 0 Å². The van der Waals surface area contributed by atoms with E-state index in [0.29, 0.717) is 22.0 Å². The number of allylic oxidation sites excluding steroid dienone is 2. The van der Waals surface area contributed by atoms with E-state index in [2.05, 4.69) is 6.58 Å². The molecule has 6 nitrogen and oxygen atoms in total. The van der Waals surface area contributed by atoms with Crippen LogP contribution in [-0.2, 0) is 31.5 Å². The second-order valence-electron chi connectivity index (χ2n) is 9.50. The largest absolute Gasteiger partial charge is 0.468 e. The molecule has 33 heavy (non-hydrogen) atoms. The molecule has 0 bridgehead atoms. The molecule has 3 rings (SSSR count). The maximum Gasteiger partial charge on any atom is 0.316 e. The molecular formula is C24H31FINO5S. The molecule has 0 amide bonds. The molecule has 182 valence electrons. The zero-order valence-corrected chi connectivity index (χ0v) is 22.4. The van der Waals surface area contributed by atoms with Crippen LogP contribution >= 0.6 is 22.6 Å². The Hall–Kier alpha value is -1.30. The van der Waals surface area contributed by atoms with Crippen LogP contribution < -0.4 is 0 Å². The second kappa shape index (κ2) is 9.39. The van der Waals surface area contributed by atoms with E-state index in [4.69, 9.17) is 4.74 Å². The average molecular weight is 591 g/mol. The number of hydrogen-bond donors (Lipinski definition) is 1. The quantitative estimate of drug-likeness (QED) is 0.305. The maximum absolute atomic E-state index is 15.4. The fraction of sp³-hybridized carbons (Fsp3) is 0.542. The highest BCUT2D eigenvalue weighted by atomic mass is 127. The van der Waals surface area contributed by atoms with Gasteiger partial charge >= 0.3 is 5.97 Å². The van der Waals surface area contributed by atoms with Crippen molar-refractivity contribution in [3.63, 3.8) is 0 Å². The normalized spacial score (nSPS) is 32.2. The van der Waals surface area contributed by atoms with Crippen molar-refractivity contribution >= 4 is 38.6 Å². The molecule has 2 fully saturated rings. The molecule has 1 saturated carbocycles. The summed E-state index contributed by atoms with van der Waals surface area (Å²) in [6.07, 6.45) is 4.65. The SMILES string of the molecule is C=C/C=C(\C)[C@H]1CC[C@H](C)N(Cc2cc(F)c([C@]3(C(=O)OC)C[C@](C)(O)C3)cc2I)S1(=O)=O. The van der Waals surface area contributed by atoms with Crippen LogP contribution in [0, 0.1) is 9.39 Å². The lowest BCUT2D eigenvalue weighted by atomic mass is 9.56. The summed E-state index contributed by atoms with van der Waals surface area (Å²) in [5.74, 6) is -1.19. The third-order valence-corrected chi connectivity index (χ3v) is 10.3. The molecule has 1 N–H and O–H groups in total. The number of hydrogen-bond acceptors (Lipinski definition) is 5. The van der Waals surface area contributed by atoms with Crippen LogP contribution in [0.15, 0.2) is 36.4 Å². The van der Waals surface area contributed by atoms with E-state index in [-0.39, 0.29) is 31.0 Å². The first-order chi connectivity index (χ1) is 15.3. The number of ether oxygens (including phenoxy) is 1. The van der Waals surface area contributed by atoms with Gasteiger partial charge in [0.05, 0.1) is 18.0 Å². The van der Waals surface area contributed by atoms with Crippen molar-refractivity contribution in [2.24, 2.45) is 0 Å². The molecule has 9 heteroatoms. The number of nitrogens with zero attached hydrogens (tertiary/aromatic N) is 1. The van der Waals surface area contributed by atoms with E-state index in [0.717, 1.165) is 5.57 Å². The van der Waals surface area contributed by atoms with Gasteiger partial charge in [-0.05, 0) is 86.7 Å². The molecule has 2 atom stereocenters. The molecule has 2 aliphatic rings. The molecule has 1 aromatic carbocycles. The smallest absolute Gasteiger partial charge is 0.316 e. The Morgan fingerprint density at radius 3 is 2.58 bits per heavy atom. The van der Waals surface area contributed by atoms with Gasteiger partial charge < -0.3 is 9.84 Å². The standard InChI is InChI=1S/C24H31FINO5S/c1-6-7-15(2)21-9-8-16(3)27(33(21,30)31)12-17-10-19(25)18(11-20(17)26)24(22(28)32-5)13-23(4,29)14-24/h6-7,10-11,16,21,29H,1,8-9,12-14H2,2-5H3/b15-7+/t16-,21+,23-,24-/m0/s1. The lowest BCUT2D eigenvalue weighted by Gasteiger charge is -2.49. The van der Waals surface area contributed by atoms with Gasteiger partial charge in [0, 0.05) is 21.7 Å². The average Bonchev–Trinajstić information content (AvgIpc) is 2.70. The van der Waals surface area contributed by atoms with Crippen LogP contribution in [0.25, 0.3) is 0 Å². The summed E-state index contributed by atoms with van der Waals surface area (Å²) in [6, 6.07) is 2.68. The number of rotatable bonds is 6. The Balaban J connectivity index is 1.97. The number of carbonyl (C=O) groups excluding carboxylic acids is 1. The highest BCUT2D eigenvalue weighted by molar-refractivity contribution is 14.1. The summed E-state index contributed by atoms with van der Waals surface area (Å²) in [6.45, 7) is 8.95. The molecule has 0 unspecified atom stereocenters. The molecule has 0 radical (unpaired) electrons. The number of esters is 1. The highest BCUT2D eigenvalue weighted by Gasteiger charge is 2.59. The van der Waals surface area contributed by atoms with Gasteiger partial charge in [-0.15, -0.1) is 0 Å². The topological polar surface area (TPSA) is 83.9 Å². The number of carbonyl (C=O) groups is 1. The molecule has 0 spiro atoms. The fourth-order valence-corrected chi connectivity index (χ4v) is 8.11. The minimum Gasteiger partial charge on any atom is -0.468 e. The van der Waals surface area contributed by atoms with Crippen molar-refractivity contribution in [2.75, 3.05) is 7.11 Å². The second-order valence-corrected chi connectivity index (χ2v) is 12.7. The summed E-state index contributed by atoms with van der Waals surface area (Å²) in [5.41, 5.74) is -0.887. The number of aliphatic hydroxyl groups is 1. The molecule has 1 saturated heterocycles. The molecule has 1 heterocycles. The minimum absolute atomic E-state index is 0.0415. The predicted molar refractivity (Wildman–Crippen MR) is 134 cm³/mol. The van der Waals surface area contributed by atoms with Crippen LogP contribution in [0.3, 0.4) is 0 Å². The van der Waals surface area contributed by atoms with Crippen molar-refractivity contribution in [2.45, 2.75) is 75.3 Å². The number of methoxy groups -OCH3 is 1. The van der Waals surface area contributed by atoms with Crippen molar-refractivity contribution in [1.82, 2.24) is 4.31 Å². The Bertz CT molecular complexity index is 1090. The van der Waals surface area contributed by atoms with Crippen LogP contribution in [-0.4, -0.2) is 47.8 Å². The van der Waals surface area contributed by atoms with Gasteiger partial charge in [-0.3, -0.25) is 4.79 Å². The monoisotopic (exact) mass is 591 g/mol. The van der Waals surface area contributed by atoms with E-state index in [1.54, 1.807) is 32.1 Å². The van der Waals surface area contributed by atoms with Gasteiger partial charge in [0.1, 0.15) is 11.2 Å². The Morgan fingerprint density at radius 1 is 1.39 bits per heavy atom. The van der Waals surface area contributed by atoms with Gasteiger partial charge in [0.25, 0.3) is 0 Å². The third-order valence-electron chi connectivity index (χ3n) is 6.83. The van der Waals surface area contributed by atoms with Crippen LogP contribution in [0.1, 0.15) is 57.6 Å². The van der Waals surface area contributed by atoms with E-state index in [1.165, 1.54) is 17.5 Å². The summed E-state index contributed by atoms with van der Waals surface area (Å²) in [5, 5.41) is 9.63. The van der Waals surface area contributed by atoms with Gasteiger partial charge in [0.2, 0.25) is 10.0 Å². The summed E-state index contributed by atoms with van der Waals surface area (Å²) < 4.78 is 49.2. The van der Waals surface area contributed by atoms with Gasteiger partial charge in [0.15, 0.2) is 0 Å². The molecule has 0 aromatic heterocycles. The van der Waals surface area contributed by atoms with Gasteiger partial charge in [-0.25, -0.2) is 12.8 Å². The Labute approximate surface area is 209 Å². The lowest BCUT2D eigenvalue weighted by Crippen LogP contribution is -2.58. The summed E-state index contributed by atoms with van der Waals surface area (Å²) >= 11 is 2.05. The molecule has 1 aromatic rings. The zero-order chi connectivity index (χ0) is 24.8. The van der Waals surface area contributed by atoms with Crippen molar-refractivity contribution in [1.29, 1.82) is 0 Å². The zero-order valence-electron chi connectivity index (χ0n) is 19.4. The van der Waals surface area contributed by atoms with Crippen LogP contribution in [0.2, 0.25) is 0 Å². The molecule has 1 aliphatic carbocycles. The van der Waals surface area contributed by atoms with Crippen molar-refractivity contribution in [3.05, 3.63) is 57.0 Å². The Morgan fingerprint density at radius 2 is 2.03 bits per heavy atom. The lowest BCUT2D eigenvalue weighted by molar-refractivity contribution is -0.166. The summed E-state index contributed by atoms with van der Waals surface area (Å²) in [7, 11) is -2.40. The maximum atomic E-state index is 15.4. The first-order valence-electron chi connectivity index (χ1n) is 10.9. The van der Waals surface area contributed by atoms with E-state index in [9.17, 15) is 18.3 Å². The third kappa shape index (κ3) is 4.78. The number of sulfonamides is 1. The van der Waals surface area contributed by atoms with E-state index >= 15 is 4.39 Å². The molecule has 1 aliphatic heterocycles. The van der Waals surface area contributed by atoms with Crippen LogP contribution in [0.4, 0.5) is 4.39 Å². The number of halogens is 2. The first-order valence-corrected chi connectivity index (χ1v) is 13.5. The number of benzene rings is 1. The van der Waals surface area contributed by atoms with Gasteiger partial charge in [-0.2, -0.15) is 4.31 Å². The molecular weight excluding hydrogens is 560 g/mol. The minimum atomic E-state index is -3.64. The summed E-state index contributed by atoms with van der Waals surface area (Å²) in [4.78, 5) is 12.5. The van der Waals surface area contributed by atoms with Crippen molar-refractivity contribution < 1.29 is 27.4 Å². The first kappa shape index (κ1) is 26.3. The van der Waals surface area contributed by atoms with Crippen molar-refractivity contribution in [3.8, 4) is 0 Å². The Kier molecular flexibility index (Phi) is 7.49. The highest BCUT2D eigenvalue weighted by Crippen LogP contribution is 2.52. The van der Waals surface area contributed by atoms with E-state index in [1.807, 2.05) is 29.5 Å². The van der Waals surface area contributed by atoms with Gasteiger partial charge in [-0.1, -0.05) is 24.3 Å². The fourth-order valence-electron chi connectivity index (χ4n) is 5.23.